The molecule has 3 nitrogen and oxygen atoms in total. The molecule has 0 saturated carbocycles. The number of rotatable bonds is 3. The Labute approximate surface area is 156 Å². The first-order valence-electron chi connectivity index (χ1n) is 8.39. The van der Waals surface area contributed by atoms with Crippen LogP contribution in [0, 0.1) is 0 Å². The molecule has 0 aromatic heterocycles. The molecule has 0 saturated heterocycles. The first kappa shape index (κ1) is 16.0. The van der Waals surface area contributed by atoms with Crippen molar-refractivity contribution >= 4 is 27.6 Å². The smallest absolute Gasteiger partial charge is 0.159 e. The van der Waals surface area contributed by atoms with E-state index >= 15 is 0 Å². The number of allylic oxidation sites excluding steroid dienone is 3. The third-order valence-electron chi connectivity index (χ3n) is 4.29. The SMILES string of the molecule is Brc1ccc(C2=NC(c3ccccc3)=NC(C3=CC=CCC3)N2)cc1. The van der Waals surface area contributed by atoms with E-state index in [9.17, 15) is 0 Å². The van der Waals surface area contributed by atoms with Crippen LogP contribution in [0.3, 0.4) is 0 Å². The van der Waals surface area contributed by atoms with Gasteiger partial charge < -0.3 is 5.32 Å². The van der Waals surface area contributed by atoms with Gasteiger partial charge in [0, 0.05) is 15.6 Å². The number of aliphatic imine (C=N–C) groups is 2. The summed E-state index contributed by atoms with van der Waals surface area (Å²) in [5.41, 5.74) is 3.39. The third kappa shape index (κ3) is 3.64. The summed E-state index contributed by atoms with van der Waals surface area (Å²) in [6, 6.07) is 18.4. The van der Waals surface area contributed by atoms with Crippen LogP contribution in [0.2, 0.25) is 0 Å². The van der Waals surface area contributed by atoms with E-state index in [-0.39, 0.29) is 6.17 Å². The Morgan fingerprint density at radius 1 is 0.960 bits per heavy atom. The second kappa shape index (κ2) is 7.19. The first-order valence-corrected chi connectivity index (χ1v) is 9.19. The largest absolute Gasteiger partial charge is 0.344 e. The molecule has 2 aliphatic rings. The fraction of sp³-hybridized carbons (Fsp3) is 0.143. The van der Waals surface area contributed by atoms with Crippen LogP contribution in [0.15, 0.2) is 92.9 Å². The minimum atomic E-state index is -0.0729. The molecule has 1 atom stereocenters. The van der Waals surface area contributed by atoms with Gasteiger partial charge >= 0.3 is 0 Å². The molecule has 0 amide bonds. The molecule has 25 heavy (non-hydrogen) atoms. The fourth-order valence-corrected chi connectivity index (χ4v) is 3.22. The number of halogens is 1. The molecule has 0 radical (unpaired) electrons. The van der Waals surface area contributed by atoms with Crippen LogP contribution >= 0.6 is 15.9 Å². The van der Waals surface area contributed by atoms with Crippen LogP contribution in [0.25, 0.3) is 0 Å². The minimum absolute atomic E-state index is 0.0729. The van der Waals surface area contributed by atoms with E-state index in [1.165, 1.54) is 5.57 Å². The highest BCUT2D eigenvalue weighted by molar-refractivity contribution is 9.10. The van der Waals surface area contributed by atoms with Crippen LogP contribution in [-0.2, 0) is 0 Å². The van der Waals surface area contributed by atoms with Gasteiger partial charge in [-0.2, -0.15) is 0 Å². The van der Waals surface area contributed by atoms with Crippen LogP contribution in [0.5, 0.6) is 0 Å². The summed E-state index contributed by atoms with van der Waals surface area (Å²) in [5, 5.41) is 3.50. The molecule has 0 spiro atoms. The van der Waals surface area contributed by atoms with Crippen molar-refractivity contribution in [3.8, 4) is 0 Å². The zero-order valence-corrected chi connectivity index (χ0v) is 15.3. The Balaban J connectivity index is 1.75. The lowest BCUT2D eigenvalue weighted by Gasteiger charge is -2.26. The highest BCUT2D eigenvalue weighted by atomic mass is 79.9. The van der Waals surface area contributed by atoms with Crippen molar-refractivity contribution in [1.82, 2.24) is 5.32 Å². The monoisotopic (exact) mass is 391 g/mol. The highest BCUT2D eigenvalue weighted by Crippen LogP contribution is 2.21. The van der Waals surface area contributed by atoms with E-state index in [1.54, 1.807) is 0 Å². The summed E-state index contributed by atoms with van der Waals surface area (Å²) in [6.45, 7) is 0. The topological polar surface area (TPSA) is 36.8 Å². The Morgan fingerprint density at radius 3 is 2.48 bits per heavy atom. The molecule has 124 valence electrons. The Kier molecular flexibility index (Phi) is 4.61. The Morgan fingerprint density at radius 2 is 1.76 bits per heavy atom. The van der Waals surface area contributed by atoms with E-state index in [0.29, 0.717) is 0 Å². The van der Waals surface area contributed by atoms with Crippen molar-refractivity contribution in [2.45, 2.75) is 19.0 Å². The molecule has 0 bridgehead atoms. The van der Waals surface area contributed by atoms with E-state index in [1.807, 2.05) is 30.3 Å². The summed E-state index contributed by atoms with van der Waals surface area (Å²) >= 11 is 3.49. The second-order valence-corrected chi connectivity index (χ2v) is 6.96. The minimum Gasteiger partial charge on any atom is -0.344 e. The molecule has 1 heterocycles. The predicted octanol–water partition coefficient (Wildman–Crippen LogP) is 4.85. The van der Waals surface area contributed by atoms with Crippen LogP contribution in [0.1, 0.15) is 24.0 Å². The lowest BCUT2D eigenvalue weighted by molar-refractivity contribution is 0.677. The number of nitrogens with one attached hydrogen (secondary N) is 1. The molecule has 1 unspecified atom stereocenters. The number of hydrogen-bond donors (Lipinski definition) is 1. The van der Waals surface area contributed by atoms with Gasteiger partial charge in [0.15, 0.2) is 5.84 Å². The van der Waals surface area contributed by atoms with Gasteiger partial charge in [-0.1, -0.05) is 76.6 Å². The average molecular weight is 392 g/mol. The molecule has 4 rings (SSSR count). The van der Waals surface area contributed by atoms with Gasteiger partial charge in [0.2, 0.25) is 0 Å². The van der Waals surface area contributed by atoms with E-state index in [4.69, 9.17) is 9.98 Å². The molecule has 1 aliphatic carbocycles. The normalized spacial score (nSPS) is 19.6. The fourth-order valence-electron chi connectivity index (χ4n) is 2.96. The number of benzene rings is 2. The van der Waals surface area contributed by atoms with Crippen molar-refractivity contribution in [1.29, 1.82) is 0 Å². The number of nitrogens with zero attached hydrogens (tertiary/aromatic N) is 2. The van der Waals surface area contributed by atoms with Gasteiger partial charge in [0.1, 0.15) is 12.0 Å². The van der Waals surface area contributed by atoms with E-state index in [2.05, 4.69) is 63.7 Å². The Bertz CT molecular complexity index is 877. The summed E-state index contributed by atoms with van der Waals surface area (Å²) in [4.78, 5) is 9.67. The van der Waals surface area contributed by atoms with E-state index < -0.39 is 0 Å². The van der Waals surface area contributed by atoms with Gasteiger partial charge in [-0.05, 0) is 30.5 Å². The van der Waals surface area contributed by atoms with Gasteiger partial charge in [-0.25, -0.2) is 9.98 Å². The summed E-state index contributed by atoms with van der Waals surface area (Å²) < 4.78 is 1.06. The summed E-state index contributed by atoms with van der Waals surface area (Å²) in [7, 11) is 0. The van der Waals surface area contributed by atoms with Crippen LogP contribution < -0.4 is 5.32 Å². The number of amidine groups is 2. The van der Waals surface area contributed by atoms with Crippen molar-refractivity contribution < 1.29 is 0 Å². The maximum Gasteiger partial charge on any atom is 0.159 e. The van der Waals surface area contributed by atoms with Crippen LogP contribution in [0.4, 0.5) is 0 Å². The van der Waals surface area contributed by atoms with Crippen LogP contribution in [-0.4, -0.2) is 17.8 Å². The zero-order valence-electron chi connectivity index (χ0n) is 13.7. The molecule has 2 aromatic rings. The zero-order chi connectivity index (χ0) is 17.1. The Hall–Kier alpha value is -2.46. The van der Waals surface area contributed by atoms with Gasteiger partial charge in [-0.3, -0.25) is 0 Å². The quantitative estimate of drug-likeness (QED) is 0.797. The number of hydrogen-bond acceptors (Lipinski definition) is 3. The molecule has 2 aromatic carbocycles. The maximum absolute atomic E-state index is 4.88. The average Bonchev–Trinajstić information content (AvgIpc) is 2.69. The standard InChI is InChI=1S/C21H18BrN3/c22-18-13-11-17(12-14-18)21-24-19(15-7-3-1-4-8-15)23-20(25-21)16-9-5-2-6-10-16/h1-5,7-9,11-14,20H,6,10H2,(H,23,24,25). The first-order chi connectivity index (χ1) is 12.3. The lowest BCUT2D eigenvalue weighted by atomic mass is 10.0. The molecule has 1 N–H and O–H groups in total. The van der Waals surface area contributed by atoms with Gasteiger partial charge in [0.05, 0.1) is 0 Å². The molecular weight excluding hydrogens is 374 g/mol. The molecule has 4 heteroatoms. The van der Waals surface area contributed by atoms with Crippen molar-refractivity contribution in [2.24, 2.45) is 9.98 Å². The van der Waals surface area contributed by atoms with Crippen molar-refractivity contribution in [2.75, 3.05) is 0 Å². The van der Waals surface area contributed by atoms with Crippen molar-refractivity contribution in [3.05, 3.63) is 94.0 Å². The third-order valence-corrected chi connectivity index (χ3v) is 4.82. The van der Waals surface area contributed by atoms with Crippen molar-refractivity contribution in [3.63, 3.8) is 0 Å². The summed E-state index contributed by atoms with van der Waals surface area (Å²) in [6.07, 6.45) is 8.48. The van der Waals surface area contributed by atoms with Gasteiger partial charge in [-0.15, -0.1) is 0 Å². The predicted molar refractivity (Wildman–Crippen MR) is 107 cm³/mol. The molecule has 0 fully saturated rings. The lowest BCUT2D eigenvalue weighted by Crippen LogP contribution is -2.40. The van der Waals surface area contributed by atoms with E-state index in [0.717, 1.165) is 40.1 Å². The molecule has 1 aliphatic heterocycles. The maximum atomic E-state index is 4.88. The summed E-state index contributed by atoms with van der Waals surface area (Å²) in [5.74, 6) is 1.64. The second-order valence-electron chi connectivity index (χ2n) is 6.04. The highest BCUT2D eigenvalue weighted by Gasteiger charge is 2.22. The molecular formula is C21H18BrN3. The van der Waals surface area contributed by atoms with Gasteiger partial charge in [0.25, 0.3) is 0 Å².